The topological polar surface area (TPSA) is 0 Å². The Kier molecular flexibility index (Phi) is 3.73. The maximum Gasteiger partial charge on any atom is 0.0215 e. The fourth-order valence-electron chi connectivity index (χ4n) is 0.809. The van der Waals surface area contributed by atoms with E-state index < -0.39 is 0 Å². The summed E-state index contributed by atoms with van der Waals surface area (Å²) in [6.07, 6.45) is 4.12. The van der Waals surface area contributed by atoms with Gasteiger partial charge in [0.05, 0.1) is 0 Å². The van der Waals surface area contributed by atoms with Gasteiger partial charge in [-0.05, 0) is 17.7 Å². The second-order valence-electron chi connectivity index (χ2n) is 2.15. The van der Waals surface area contributed by atoms with Crippen LogP contribution in [-0.2, 0) is 0 Å². The quantitative estimate of drug-likeness (QED) is 0.583. The summed E-state index contributed by atoms with van der Waals surface area (Å²) in [5, 5.41) is 0.893. The highest BCUT2D eigenvalue weighted by atomic mass is 79.9. The summed E-state index contributed by atoms with van der Waals surface area (Å²) in [6.45, 7) is 0. The maximum atomic E-state index is 4.23. The first-order valence-corrected chi connectivity index (χ1v) is 4.91. The minimum absolute atomic E-state index is 0.893. The lowest BCUT2D eigenvalue weighted by Gasteiger charge is -1.93. The van der Waals surface area contributed by atoms with Crippen LogP contribution < -0.4 is 0 Å². The van der Waals surface area contributed by atoms with E-state index in [1.807, 2.05) is 18.2 Å². The summed E-state index contributed by atoms with van der Waals surface area (Å²) in [7, 11) is 0. The summed E-state index contributed by atoms with van der Waals surface area (Å²) in [5.41, 5.74) is 1.19. The number of halogens is 1. The lowest BCUT2D eigenvalue weighted by molar-refractivity contribution is 1.46. The van der Waals surface area contributed by atoms with E-state index in [1.165, 1.54) is 5.56 Å². The molecule has 0 aliphatic rings. The molecular formula is C9H9BrS. The van der Waals surface area contributed by atoms with Gasteiger partial charge in [-0.25, -0.2) is 0 Å². The Morgan fingerprint density at radius 2 is 2.27 bits per heavy atom. The molecule has 0 aliphatic carbocycles. The molecule has 0 spiro atoms. The van der Waals surface area contributed by atoms with Crippen molar-refractivity contribution in [3.05, 3.63) is 35.9 Å². The molecule has 2 heteroatoms. The highest BCUT2D eigenvalue weighted by Gasteiger charge is 1.85. The summed E-state index contributed by atoms with van der Waals surface area (Å²) in [6, 6.07) is 8.05. The molecule has 0 amide bonds. The number of hydrogen-bond donors (Lipinski definition) is 1. The minimum atomic E-state index is 0.893. The standard InChI is InChI=1S/C9H9BrS/c10-6-2-4-8-3-1-5-9(11)7-8/h1-5,7,11H,6H2. The van der Waals surface area contributed by atoms with Gasteiger partial charge in [0.2, 0.25) is 0 Å². The Bertz CT molecular complexity index is 255. The van der Waals surface area contributed by atoms with E-state index in [0.29, 0.717) is 0 Å². The van der Waals surface area contributed by atoms with Crippen molar-refractivity contribution in [3.8, 4) is 0 Å². The van der Waals surface area contributed by atoms with Gasteiger partial charge < -0.3 is 0 Å². The Labute approximate surface area is 80.9 Å². The monoisotopic (exact) mass is 228 g/mol. The molecule has 0 aliphatic heterocycles. The van der Waals surface area contributed by atoms with Gasteiger partial charge in [-0.3, -0.25) is 0 Å². The molecule has 0 nitrogen and oxygen atoms in total. The van der Waals surface area contributed by atoms with E-state index in [9.17, 15) is 0 Å². The van der Waals surface area contributed by atoms with Gasteiger partial charge in [-0.2, -0.15) is 0 Å². The third kappa shape index (κ3) is 3.12. The van der Waals surface area contributed by atoms with Crippen LogP contribution >= 0.6 is 28.6 Å². The summed E-state index contributed by atoms with van der Waals surface area (Å²) in [4.78, 5) is 1.00. The van der Waals surface area contributed by atoms with Crippen LogP contribution in [0, 0.1) is 0 Å². The van der Waals surface area contributed by atoms with E-state index in [2.05, 4.69) is 46.8 Å². The number of allylic oxidation sites excluding steroid dienone is 1. The molecule has 0 radical (unpaired) electrons. The van der Waals surface area contributed by atoms with Gasteiger partial charge in [0, 0.05) is 10.2 Å². The fourth-order valence-corrected chi connectivity index (χ4v) is 1.23. The number of thiol groups is 1. The first-order chi connectivity index (χ1) is 5.33. The SMILES string of the molecule is Sc1cccc(C=CCBr)c1. The van der Waals surface area contributed by atoms with Crippen molar-refractivity contribution in [1.29, 1.82) is 0 Å². The molecule has 0 atom stereocenters. The van der Waals surface area contributed by atoms with Crippen molar-refractivity contribution in [2.75, 3.05) is 5.33 Å². The highest BCUT2D eigenvalue weighted by molar-refractivity contribution is 9.09. The van der Waals surface area contributed by atoms with Crippen LogP contribution in [0.5, 0.6) is 0 Å². The summed E-state index contributed by atoms with van der Waals surface area (Å²) >= 11 is 7.55. The van der Waals surface area contributed by atoms with Crippen LogP contribution in [0.2, 0.25) is 0 Å². The molecule has 1 rings (SSSR count). The number of alkyl halides is 1. The predicted molar refractivity (Wildman–Crippen MR) is 56.5 cm³/mol. The molecule has 0 bridgehead atoms. The van der Waals surface area contributed by atoms with Gasteiger partial charge in [-0.1, -0.05) is 40.2 Å². The van der Waals surface area contributed by atoms with Gasteiger partial charge in [0.1, 0.15) is 0 Å². The number of hydrogen-bond acceptors (Lipinski definition) is 1. The Morgan fingerprint density at radius 1 is 1.45 bits per heavy atom. The minimum Gasteiger partial charge on any atom is -0.143 e. The van der Waals surface area contributed by atoms with Crippen LogP contribution in [0.15, 0.2) is 35.2 Å². The number of rotatable bonds is 2. The van der Waals surface area contributed by atoms with E-state index >= 15 is 0 Å². The van der Waals surface area contributed by atoms with Gasteiger partial charge >= 0.3 is 0 Å². The van der Waals surface area contributed by atoms with Crippen molar-refractivity contribution in [2.24, 2.45) is 0 Å². The number of benzene rings is 1. The highest BCUT2D eigenvalue weighted by Crippen LogP contribution is 2.10. The van der Waals surface area contributed by atoms with E-state index in [1.54, 1.807) is 0 Å². The predicted octanol–water partition coefficient (Wildman–Crippen LogP) is 3.38. The first kappa shape index (κ1) is 8.88. The fraction of sp³-hybridized carbons (Fsp3) is 0.111. The first-order valence-electron chi connectivity index (χ1n) is 3.34. The molecule has 0 fully saturated rings. The summed E-state index contributed by atoms with van der Waals surface area (Å²) < 4.78 is 0. The van der Waals surface area contributed by atoms with E-state index in [0.717, 1.165) is 10.2 Å². The molecular weight excluding hydrogens is 220 g/mol. The molecule has 0 saturated heterocycles. The normalized spacial score (nSPS) is 10.7. The van der Waals surface area contributed by atoms with Crippen LogP contribution in [-0.4, -0.2) is 5.33 Å². The average molecular weight is 229 g/mol. The summed E-state index contributed by atoms with van der Waals surface area (Å²) in [5.74, 6) is 0. The van der Waals surface area contributed by atoms with Crippen LogP contribution in [0.25, 0.3) is 6.08 Å². The largest absolute Gasteiger partial charge is 0.143 e. The second-order valence-corrected chi connectivity index (χ2v) is 3.32. The molecule has 11 heavy (non-hydrogen) atoms. The maximum absolute atomic E-state index is 4.23. The van der Waals surface area contributed by atoms with Crippen LogP contribution in [0.3, 0.4) is 0 Å². The molecule has 0 heterocycles. The molecule has 1 aromatic rings. The van der Waals surface area contributed by atoms with Crippen LogP contribution in [0.4, 0.5) is 0 Å². The van der Waals surface area contributed by atoms with E-state index in [-0.39, 0.29) is 0 Å². The third-order valence-electron chi connectivity index (χ3n) is 1.27. The van der Waals surface area contributed by atoms with Crippen molar-refractivity contribution >= 4 is 34.6 Å². The smallest absolute Gasteiger partial charge is 0.0215 e. The van der Waals surface area contributed by atoms with Crippen molar-refractivity contribution in [1.82, 2.24) is 0 Å². The van der Waals surface area contributed by atoms with Gasteiger partial charge in [-0.15, -0.1) is 12.6 Å². The molecule has 1 aromatic carbocycles. The molecule has 0 unspecified atom stereocenters. The van der Waals surface area contributed by atoms with Gasteiger partial charge in [0.25, 0.3) is 0 Å². The zero-order valence-electron chi connectivity index (χ0n) is 6.00. The Hall–Kier alpha value is -0.210. The van der Waals surface area contributed by atoms with Crippen molar-refractivity contribution < 1.29 is 0 Å². The zero-order valence-corrected chi connectivity index (χ0v) is 8.48. The van der Waals surface area contributed by atoms with Gasteiger partial charge in [0.15, 0.2) is 0 Å². The lowest BCUT2D eigenvalue weighted by Crippen LogP contribution is -1.71. The third-order valence-corrected chi connectivity index (χ3v) is 1.92. The lowest BCUT2D eigenvalue weighted by atomic mass is 10.2. The zero-order chi connectivity index (χ0) is 8.10. The molecule has 0 N–H and O–H groups in total. The van der Waals surface area contributed by atoms with Crippen molar-refractivity contribution in [3.63, 3.8) is 0 Å². The van der Waals surface area contributed by atoms with Crippen LogP contribution in [0.1, 0.15) is 5.56 Å². The molecule has 58 valence electrons. The Balaban J connectivity index is 2.79. The van der Waals surface area contributed by atoms with E-state index in [4.69, 9.17) is 0 Å². The second kappa shape index (κ2) is 4.62. The van der Waals surface area contributed by atoms with Crippen molar-refractivity contribution in [2.45, 2.75) is 4.90 Å². The molecule has 0 aromatic heterocycles. The Morgan fingerprint density at radius 3 is 2.91 bits per heavy atom. The average Bonchev–Trinajstić information content (AvgIpc) is 2.01. The molecule has 0 saturated carbocycles.